The maximum absolute atomic E-state index is 13.9. The molecule has 4 atom stereocenters. The van der Waals surface area contributed by atoms with E-state index >= 15 is 0 Å². The number of hydrogen-bond donors (Lipinski definition) is 4. The number of hydrogen-bond acceptors (Lipinski definition) is 7. The van der Waals surface area contributed by atoms with Gasteiger partial charge in [-0.2, -0.15) is 13.2 Å². The summed E-state index contributed by atoms with van der Waals surface area (Å²) in [7, 11) is 3.35. The Labute approximate surface area is 227 Å². The molecule has 3 aliphatic rings. The van der Waals surface area contributed by atoms with Crippen LogP contribution in [0.15, 0.2) is 53.1 Å². The van der Waals surface area contributed by atoms with Crippen LogP contribution in [0.4, 0.5) is 13.2 Å². The molecule has 0 bridgehead atoms. The minimum atomic E-state index is -4.52. The Bertz CT molecular complexity index is 1540. The van der Waals surface area contributed by atoms with Crippen LogP contribution in [0, 0.1) is 11.8 Å². The topological polar surface area (TPSA) is 141 Å². The van der Waals surface area contributed by atoms with Crippen molar-refractivity contribution in [2.75, 3.05) is 14.1 Å². The minimum Gasteiger partial charge on any atom is -0.507 e. The number of fused-ring (bicyclic) bond motifs is 3. The van der Waals surface area contributed by atoms with Gasteiger partial charge in [0, 0.05) is 17.5 Å². The highest BCUT2D eigenvalue weighted by Crippen LogP contribution is 2.53. The van der Waals surface area contributed by atoms with E-state index < -0.39 is 64.0 Å². The van der Waals surface area contributed by atoms with Crippen molar-refractivity contribution in [1.82, 2.24) is 4.90 Å². The number of alkyl halides is 3. The van der Waals surface area contributed by atoms with Crippen LogP contribution in [0.1, 0.15) is 30.0 Å². The van der Waals surface area contributed by atoms with E-state index in [0.717, 1.165) is 12.1 Å². The Morgan fingerprint density at radius 1 is 1.05 bits per heavy atom. The van der Waals surface area contributed by atoms with Crippen molar-refractivity contribution in [3.63, 3.8) is 0 Å². The molecule has 1 amide bonds. The van der Waals surface area contributed by atoms with Gasteiger partial charge in [0.1, 0.15) is 11.5 Å². The third-order valence-electron chi connectivity index (χ3n) is 8.43. The van der Waals surface area contributed by atoms with Gasteiger partial charge in [-0.05, 0) is 80.2 Å². The van der Waals surface area contributed by atoms with E-state index in [9.17, 15) is 42.9 Å². The van der Waals surface area contributed by atoms with E-state index in [1.807, 2.05) is 0 Å². The highest BCUT2D eigenvalue weighted by atomic mass is 19.4. The number of carbonyl (C=O) groups excluding carboxylic acids is 3. The van der Waals surface area contributed by atoms with Gasteiger partial charge in [0.15, 0.2) is 5.60 Å². The molecule has 5 N–H and O–H groups in total. The highest BCUT2D eigenvalue weighted by Gasteiger charge is 2.64. The fourth-order valence-corrected chi connectivity index (χ4v) is 6.74. The monoisotopic (exact) mass is 556 g/mol. The molecule has 11 heteroatoms. The summed E-state index contributed by atoms with van der Waals surface area (Å²) in [4.78, 5) is 41.3. The Balaban J connectivity index is 1.68. The molecule has 2 aromatic rings. The van der Waals surface area contributed by atoms with E-state index in [4.69, 9.17) is 5.73 Å². The van der Waals surface area contributed by atoms with Gasteiger partial charge in [-0.3, -0.25) is 14.4 Å². The zero-order chi connectivity index (χ0) is 29.5. The Morgan fingerprint density at radius 3 is 2.23 bits per heavy atom. The van der Waals surface area contributed by atoms with Gasteiger partial charge in [-0.1, -0.05) is 18.2 Å². The molecule has 40 heavy (non-hydrogen) atoms. The fourth-order valence-electron chi connectivity index (χ4n) is 6.74. The van der Waals surface area contributed by atoms with E-state index in [-0.39, 0.29) is 29.7 Å². The molecule has 0 saturated heterocycles. The summed E-state index contributed by atoms with van der Waals surface area (Å²) in [5, 5.41) is 33.7. The van der Waals surface area contributed by atoms with Crippen LogP contribution in [0.2, 0.25) is 0 Å². The molecular weight excluding hydrogens is 529 g/mol. The maximum atomic E-state index is 13.9. The summed E-state index contributed by atoms with van der Waals surface area (Å²) in [6.07, 6.45) is -4.37. The lowest BCUT2D eigenvalue weighted by molar-refractivity contribution is -0.160. The first-order valence-electron chi connectivity index (χ1n) is 12.6. The normalized spacial score (nSPS) is 26.6. The number of primary amides is 1. The molecule has 1 saturated carbocycles. The van der Waals surface area contributed by atoms with E-state index in [0.29, 0.717) is 22.3 Å². The number of ketones is 2. The summed E-state index contributed by atoms with van der Waals surface area (Å²) in [5.41, 5.74) is 2.74. The van der Waals surface area contributed by atoms with E-state index in [1.54, 1.807) is 25.9 Å². The van der Waals surface area contributed by atoms with Crippen molar-refractivity contribution in [3.8, 4) is 16.9 Å². The van der Waals surface area contributed by atoms with Gasteiger partial charge in [0.25, 0.3) is 5.91 Å². The third-order valence-corrected chi connectivity index (χ3v) is 8.43. The minimum absolute atomic E-state index is 0.0567. The van der Waals surface area contributed by atoms with Crippen molar-refractivity contribution in [3.05, 3.63) is 69.8 Å². The maximum Gasteiger partial charge on any atom is 0.416 e. The first-order chi connectivity index (χ1) is 18.6. The lowest BCUT2D eigenvalue weighted by Gasteiger charge is -2.51. The number of benzene rings is 2. The van der Waals surface area contributed by atoms with Gasteiger partial charge < -0.3 is 26.0 Å². The molecule has 0 aliphatic heterocycles. The number of rotatable bonds is 3. The fraction of sp³-hybridized carbons (Fsp3) is 0.345. The lowest BCUT2D eigenvalue weighted by atomic mass is 9.56. The van der Waals surface area contributed by atoms with Gasteiger partial charge in [-0.25, -0.2) is 0 Å². The third kappa shape index (κ3) is 3.79. The van der Waals surface area contributed by atoms with Gasteiger partial charge in [-0.15, -0.1) is 0 Å². The summed E-state index contributed by atoms with van der Waals surface area (Å²) in [6.45, 7) is 1.55. The first kappa shape index (κ1) is 27.6. The van der Waals surface area contributed by atoms with Crippen LogP contribution in [0.3, 0.4) is 0 Å². The summed E-state index contributed by atoms with van der Waals surface area (Å²) in [5.74, 6) is -5.97. The SMILES string of the molecule is CC1=C(C(N)=O)C(=O)[C@@]2(O)C(=O)C3=C(O)c4c(O)ccc(-c5ccc(C(F)(F)F)cc5)c4C[C@H]3C[C@H]2[C@@H]1N(C)C. The number of phenolic OH excluding ortho intramolecular Hbond substituents is 1. The van der Waals surface area contributed by atoms with Crippen LogP contribution in [0.25, 0.3) is 16.9 Å². The lowest BCUT2D eigenvalue weighted by Crippen LogP contribution is -2.66. The molecule has 210 valence electrons. The molecule has 0 aromatic heterocycles. The predicted molar refractivity (Wildman–Crippen MR) is 138 cm³/mol. The van der Waals surface area contributed by atoms with Crippen molar-refractivity contribution in [2.24, 2.45) is 17.6 Å². The number of halogens is 3. The number of nitrogens with zero attached hydrogens (tertiary/aromatic N) is 1. The smallest absolute Gasteiger partial charge is 0.416 e. The molecule has 8 nitrogen and oxygen atoms in total. The average molecular weight is 557 g/mol. The first-order valence-corrected chi connectivity index (χ1v) is 12.6. The van der Waals surface area contributed by atoms with Crippen LogP contribution < -0.4 is 5.73 Å². The average Bonchev–Trinajstić information content (AvgIpc) is 2.85. The van der Waals surface area contributed by atoms with Crippen molar-refractivity contribution >= 4 is 23.2 Å². The second-order valence-corrected chi connectivity index (χ2v) is 10.8. The predicted octanol–water partition coefficient (Wildman–Crippen LogP) is 3.15. The summed E-state index contributed by atoms with van der Waals surface area (Å²) in [6, 6.07) is 6.51. The molecule has 0 unspecified atom stereocenters. The standard InChI is InChI=1S/C29H27F3N2O6/c1-12-20(27(33)39)25(37)28(40)18(23(12)34(2)3)11-14-10-17-16(13-4-6-15(7-5-13)29(30,31)32)8-9-19(35)22(17)24(36)21(14)26(28)38/h4-9,14,18,23,35-36,40H,10-11H2,1-3H3,(H2,33,39)/t14-,18-,23+,28+/m0/s1. The Kier molecular flexibility index (Phi) is 6.23. The molecule has 0 spiro atoms. The number of Topliss-reactive ketones (excluding diaryl/α,β-unsaturated/α-hetero) is 2. The van der Waals surface area contributed by atoms with Gasteiger partial charge in [0.05, 0.1) is 16.7 Å². The summed E-state index contributed by atoms with van der Waals surface area (Å²) < 4.78 is 39.4. The van der Waals surface area contributed by atoms with Crippen molar-refractivity contribution in [1.29, 1.82) is 0 Å². The molecule has 3 aliphatic carbocycles. The van der Waals surface area contributed by atoms with Crippen LogP contribution in [-0.2, 0) is 27.0 Å². The van der Waals surface area contributed by atoms with E-state index in [1.165, 1.54) is 24.3 Å². The molecular formula is C29H27F3N2O6. The van der Waals surface area contributed by atoms with Crippen molar-refractivity contribution < 1.29 is 42.9 Å². The second-order valence-electron chi connectivity index (χ2n) is 10.8. The van der Waals surface area contributed by atoms with Crippen LogP contribution in [0.5, 0.6) is 5.75 Å². The molecule has 5 rings (SSSR count). The van der Waals surface area contributed by atoms with Gasteiger partial charge in [0.2, 0.25) is 11.6 Å². The number of phenols is 1. The molecule has 0 heterocycles. The van der Waals surface area contributed by atoms with Crippen LogP contribution in [-0.4, -0.2) is 63.4 Å². The zero-order valence-electron chi connectivity index (χ0n) is 21.8. The summed E-state index contributed by atoms with van der Waals surface area (Å²) >= 11 is 0. The number of nitrogens with two attached hydrogens (primary N) is 1. The molecule has 2 aromatic carbocycles. The number of amides is 1. The molecule has 1 fully saturated rings. The Morgan fingerprint density at radius 2 is 1.68 bits per heavy atom. The van der Waals surface area contributed by atoms with E-state index in [2.05, 4.69) is 0 Å². The number of aliphatic hydroxyl groups is 2. The number of likely N-dealkylation sites (N-methyl/N-ethyl adjacent to an activating group) is 1. The number of carbonyl (C=O) groups is 3. The second kappa shape index (κ2) is 9.03. The van der Waals surface area contributed by atoms with Crippen LogP contribution >= 0.6 is 0 Å². The highest BCUT2D eigenvalue weighted by molar-refractivity contribution is 6.33. The zero-order valence-corrected chi connectivity index (χ0v) is 21.8. The van der Waals surface area contributed by atoms with Gasteiger partial charge >= 0.3 is 6.18 Å². The quantitative estimate of drug-likeness (QED) is 0.336. The Hall–Kier alpha value is -3.96. The van der Waals surface area contributed by atoms with Crippen molar-refractivity contribution in [2.45, 2.75) is 37.6 Å². The largest absolute Gasteiger partial charge is 0.507 e. The number of aromatic hydroxyl groups is 1. The number of aliphatic hydroxyl groups excluding tert-OH is 1. The molecule has 0 radical (unpaired) electrons.